The van der Waals surface area contributed by atoms with Crippen LogP contribution in [0.4, 0.5) is 0 Å². The molecule has 0 radical (unpaired) electrons. The third kappa shape index (κ3) is 4.19. The first-order chi connectivity index (χ1) is 11.7. The van der Waals surface area contributed by atoms with Crippen LogP contribution in [0.2, 0.25) is 0 Å². The molecule has 2 fully saturated rings. The number of morpholine rings is 1. The normalized spacial score (nSPS) is 20.7. The summed E-state index contributed by atoms with van der Waals surface area (Å²) in [5.41, 5.74) is 7.41. The molecule has 132 valence electrons. The second-order valence-corrected chi connectivity index (χ2v) is 6.48. The van der Waals surface area contributed by atoms with E-state index in [9.17, 15) is 0 Å². The van der Waals surface area contributed by atoms with Gasteiger partial charge in [0.15, 0.2) is 5.96 Å². The largest absolute Gasteiger partial charge is 0.497 e. The molecule has 6 heteroatoms. The third-order valence-electron chi connectivity index (χ3n) is 4.87. The molecule has 0 aromatic heterocycles. The molecule has 2 aliphatic rings. The van der Waals surface area contributed by atoms with Gasteiger partial charge < -0.3 is 20.1 Å². The van der Waals surface area contributed by atoms with Gasteiger partial charge in [-0.15, -0.1) is 0 Å². The maximum atomic E-state index is 6.17. The van der Waals surface area contributed by atoms with Gasteiger partial charge in [-0.2, -0.15) is 0 Å². The van der Waals surface area contributed by atoms with E-state index in [1.165, 1.54) is 18.4 Å². The fraction of sp³-hybridized carbons (Fsp3) is 0.611. The molecule has 1 aromatic carbocycles. The van der Waals surface area contributed by atoms with Crippen LogP contribution in [0.25, 0.3) is 0 Å². The summed E-state index contributed by atoms with van der Waals surface area (Å²) >= 11 is 0. The average Bonchev–Trinajstić information content (AvgIpc) is 3.47. The highest BCUT2D eigenvalue weighted by Crippen LogP contribution is 2.26. The van der Waals surface area contributed by atoms with Gasteiger partial charge in [-0.1, -0.05) is 12.1 Å². The summed E-state index contributed by atoms with van der Waals surface area (Å²) in [5.74, 6) is 1.51. The lowest BCUT2D eigenvalue weighted by Crippen LogP contribution is -2.41. The number of hydrogen-bond donors (Lipinski definition) is 1. The molecule has 1 aliphatic heterocycles. The van der Waals surface area contributed by atoms with E-state index in [0.717, 1.165) is 32.1 Å². The molecular weight excluding hydrogens is 304 g/mol. The van der Waals surface area contributed by atoms with Gasteiger partial charge in [-0.05, 0) is 30.5 Å². The Morgan fingerprint density at radius 3 is 2.58 bits per heavy atom. The Balaban J connectivity index is 1.74. The number of nitrogens with two attached hydrogens (primary N) is 1. The van der Waals surface area contributed by atoms with Crippen LogP contribution in [-0.4, -0.2) is 68.8 Å². The number of guanidine groups is 1. The Kier molecular flexibility index (Phi) is 5.58. The fourth-order valence-electron chi connectivity index (χ4n) is 3.09. The number of rotatable bonds is 6. The Morgan fingerprint density at radius 2 is 2.00 bits per heavy atom. The SMILES string of the molecule is COc1ccc(C(CN=C(N)N(C)C2CC2)N2CCOCC2)cc1. The Labute approximate surface area is 144 Å². The summed E-state index contributed by atoms with van der Waals surface area (Å²) in [7, 11) is 3.72. The summed E-state index contributed by atoms with van der Waals surface area (Å²) in [6.45, 7) is 4.05. The smallest absolute Gasteiger partial charge is 0.191 e. The summed E-state index contributed by atoms with van der Waals surface area (Å²) in [4.78, 5) is 9.22. The van der Waals surface area contributed by atoms with Crippen molar-refractivity contribution in [3.8, 4) is 5.75 Å². The highest BCUT2D eigenvalue weighted by atomic mass is 16.5. The quantitative estimate of drug-likeness (QED) is 0.631. The van der Waals surface area contributed by atoms with Crippen LogP contribution in [-0.2, 0) is 4.74 Å². The molecule has 2 N–H and O–H groups in total. The van der Waals surface area contributed by atoms with Crippen LogP contribution >= 0.6 is 0 Å². The molecule has 1 aliphatic carbocycles. The minimum atomic E-state index is 0.214. The topological polar surface area (TPSA) is 63.3 Å². The van der Waals surface area contributed by atoms with E-state index in [-0.39, 0.29) is 6.04 Å². The lowest BCUT2D eigenvalue weighted by molar-refractivity contribution is 0.0179. The molecular formula is C18H28N4O2. The van der Waals surface area contributed by atoms with E-state index in [2.05, 4.69) is 26.9 Å². The number of nitrogens with zero attached hydrogens (tertiary/aromatic N) is 3. The van der Waals surface area contributed by atoms with E-state index >= 15 is 0 Å². The van der Waals surface area contributed by atoms with Gasteiger partial charge in [-0.3, -0.25) is 9.89 Å². The Hall–Kier alpha value is -1.79. The average molecular weight is 332 g/mol. The lowest BCUT2D eigenvalue weighted by Gasteiger charge is -2.34. The molecule has 1 unspecified atom stereocenters. The molecule has 3 rings (SSSR count). The number of benzene rings is 1. The van der Waals surface area contributed by atoms with Crippen LogP contribution in [0.3, 0.4) is 0 Å². The zero-order valence-corrected chi connectivity index (χ0v) is 14.6. The molecule has 1 atom stereocenters. The van der Waals surface area contributed by atoms with Crippen molar-refractivity contribution >= 4 is 5.96 Å². The number of aliphatic imine (C=N–C) groups is 1. The molecule has 0 bridgehead atoms. The zero-order chi connectivity index (χ0) is 16.9. The van der Waals surface area contributed by atoms with E-state index in [0.29, 0.717) is 18.5 Å². The van der Waals surface area contributed by atoms with Gasteiger partial charge in [0.1, 0.15) is 5.75 Å². The monoisotopic (exact) mass is 332 g/mol. The van der Waals surface area contributed by atoms with Crippen LogP contribution in [0.15, 0.2) is 29.3 Å². The van der Waals surface area contributed by atoms with Crippen molar-refractivity contribution in [1.29, 1.82) is 0 Å². The molecule has 1 saturated carbocycles. The van der Waals surface area contributed by atoms with Crippen molar-refractivity contribution in [2.24, 2.45) is 10.7 Å². The van der Waals surface area contributed by atoms with Gasteiger partial charge in [0, 0.05) is 26.2 Å². The Morgan fingerprint density at radius 1 is 1.33 bits per heavy atom. The van der Waals surface area contributed by atoms with Crippen molar-refractivity contribution < 1.29 is 9.47 Å². The highest BCUT2D eigenvalue weighted by molar-refractivity contribution is 5.78. The van der Waals surface area contributed by atoms with Crippen molar-refractivity contribution in [3.05, 3.63) is 29.8 Å². The predicted octanol–water partition coefficient (Wildman–Crippen LogP) is 1.48. The molecule has 24 heavy (non-hydrogen) atoms. The van der Waals surface area contributed by atoms with Crippen LogP contribution in [0.5, 0.6) is 5.75 Å². The maximum Gasteiger partial charge on any atom is 0.191 e. The van der Waals surface area contributed by atoms with Gasteiger partial charge in [0.05, 0.1) is 32.9 Å². The molecule has 0 spiro atoms. The number of ether oxygens (including phenoxy) is 2. The van der Waals surface area contributed by atoms with Crippen molar-refractivity contribution in [2.75, 3.05) is 47.0 Å². The van der Waals surface area contributed by atoms with Crippen molar-refractivity contribution in [3.63, 3.8) is 0 Å². The second kappa shape index (κ2) is 7.85. The maximum absolute atomic E-state index is 6.17. The van der Waals surface area contributed by atoms with Crippen molar-refractivity contribution in [1.82, 2.24) is 9.80 Å². The number of hydrogen-bond acceptors (Lipinski definition) is 4. The van der Waals surface area contributed by atoms with Crippen LogP contribution in [0.1, 0.15) is 24.4 Å². The lowest BCUT2D eigenvalue weighted by atomic mass is 10.0. The zero-order valence-electron chi connectivity index (χ0n) is 14.6. The number of methoxy groups -OCH3 is 1. The molecule has 0 amide bonds. The standard InChI is InChI=1S/C18H28N4O2/c1-21(15-5-6-15)18(19)20-13-17(22-9-11-24-12-10-22)14-3-7-16(23-2)8-4-14/h3-4,7-8,15,17H,5-6,9-13H2,1-2H3,(H2,19,20). The van der Waals surface area contributed by atoms with Crippen molar-refractivity contribution in [2.45, 2.75) is 24.9 Å². The first-order valence-electron chi connectivity index (χ1n) is 8.67. The van der Waals surface area contributed by atoms with Crippen LogP contribution in [0, 0.1) is 0 Å². The molecule has 1 saturated heterocycles. The minimum absolute atomic E-state index is 0.214. The van der Waals surface area contributed by atoms with Gasteiger partial charge >= 0.3 is 0 Å². The van der Waals surface area contributed by atoms with E-state index in [4.69, 9.17) is 15.2 Å². The second-order valence-electron chi connectivity index (χ2n) is 6.48. The first kappa shape index (κ1) is 17.0. The molecule has 1 aromatic rings. The summed E-state index contributed by atoms with van der Waals surface area (Å²) in [5, 5.41) is 0. The van der Waals surface area contributed by atoms with Gasteiger partial charge in [0.2, 0.25) is 0 Å². The van der Waals surface area contributed by atoms with E-state index < -0.39 is 0 Å². The van der Waals surface area contributed by atoms with Crippen LogP contribution < -0.4 is 10.5 Å². The third-order valence-corrected chi connectivity index (χ3v) is 4.87. The summed E-state index contributed by atoms with van der Waals surface area (Å²) < 4.78 is 10.8. The fourth-order valence-corrected chi connectivity index (χ4v) is 3.09. The highest BCUT2D eigenvalue weighted by Gasteiger charge is 2.28. The minimum Gasteiger partial charge on any atom is -0.497 e. The summed E-state index contributed by atoms with van der Waals surface area (Å²) in [6, 6.07) is 9.05. The van der Waals surface area contributed by atoms with E-state index in [1.807, 2.05) is 19.2 Å². The van der Waals surface area contributed by atoms with Gasteiger partial charge in [0.25, 0.3) is 0 Å². The predicted molar refractivity (Wildman–Crippen MR) is 95.4 cm³/mol. The van der Waals surface area contributed by atoms with Gasteiger partial charge in [-0.25, -0.2) is 0 Å². The molecule has 1 heterocycles. The Bertz CT molecular complexity index is 551. The summed E-state index contributed by atoms with van der Waals surface area (Å²) in [6.07, 6.45) is 2.44. The first-order valence-corrected chi connectivity index (χ1v) is 8.67. The molecule has 6 nitrogen and oxygen atoms in total. The van der Waals surface area contributed by atoms with E-state index in [1.54, 1.807) is 7.11 Å².